The molecule has 212 valence electrons. The van der Waals surface area contributed by atoms with Crippen LogP contribution in [0, 0.1) is 17.2 Å². The van der Waals surface area contributed by atoms with Crippen molar-refractivity contribution in [2.45, 2.75) is 78.8 Å². The Morgan fingerprint density at radius 2 is 1.62 bits per heavy atom. The van der Waals surface area contributed by atoms with Gasteiger partial charge in [-0.15, -0.1) is 0 Å². The molecule has 40 heavy (non-hydrogen) atoms. The molecule has 2 aromatic carbocycles. The van der Waals surface area contributed by atoms with Crippen molar-refractivity contribution < 1.29 is 19.3 Å². The number of unbranched alkanes of at least 4 members (excludes halogenated alkanes) is 1. The molecule has 0 radical (unpaired) electrons. The lowest BCUT2D eigenvalue weighted by molar-refractivity contribution is -0.141. The molecule has 9 heteroatoms. The van der Waals surface area contributed by atoms with Crippen LogP contribution in [0.4, 0.5) is 0 Å². The largest absolute Gasteiger partial charge is 0.331 e. The second-order valence-corrected chi connectivity index (χ2v) is 10.2. The fraction of sp³-hybridized carbons (Fsp3) is 0.452. The number of carbonyl (C=O) groups excluding carboxylic acids is 2. The van der Waals surface area contributed by atoms with Crippen LogP contribution in [0.25, 0.3) is 11.1 Å². The van der Waals surface area contributed by atoms with E-state index >= 15 is 0 Å². The fourth-order valence-corrected chi connectivity index (χ4v) is 5.20. The highest BCUT2D eigenvalue weighted by Gasteiger charge is 2.47. The first-order valence-corrected chi connectivity index (χ1v) is 13.8. The van der Waals surface area contributed by atoms with Crippen LogP contribution in [0.15, 0.2) is 46.7 Å². The standard InChI is InChI=1S/C31H39N5O4/c1-7-9-15-34-31(29(33)10-8-2)27-16-23(18-32)11-13-25(27)26-14-12-24(17-28(26)31)30(36-40-22(6)38)19(3)20(4)35-39-21(5)37/h11-14,16-17,19,29,34H,7-10,15,33H2,1-6H3/b35-20+,36-30-. The number of hydrogen-bond acceptors (Lipinski definition) is 9. The van der Waals surface area contributed by atoms with Crippen molar-refractivity contribution >= 4 is 23.4 Å². The number of hydrogen-bond donors (Lipinski definition) is 2. The minimum absolute atomic E-state index is 0.280. The molecule has 9 nitrogen and oxygen atoms in total. The molecular formula is C31H39N5O4. The topological polar surface area (TPSA) is 139 Å². The number of nitrogens with two attached hydrogens (primary N) is 1. The highest BCUT2D eigenvalue weighted by atomic mass is 16.7. The van der Waals surface area contributed by atoms with Crippen LogP contribution in [-0.4, -0.2) is 35.9 Å². The van der Waals surface area contributed by atoms with Gasteiger partial charge in [0.05, 0.1) is 28.6 Å². The molecule has 0 saturated carbocycles. The van der Waals surface area contributed by atoms with Crippen molar-refractivity contribution in [1.29, 1.82) is 5.26 Å². The summed E-state index contributed by atoms with van der Waals surface area (Å²) in [6.07, 6.45) is 3.63. The lowest BCUT2D eigenvalue weighted by atomic mass is 9.77. The van der Waals surface area contributed by atoms with Gasteiger partial charge >= 0.3 is 11.9 Å². The van der Waals surface area contributed by atoms with Gasteiger partial charge in [0.25, 0.3) is 0 Å². The van der Waals surface area contributed by atoms with Crippen LogP contribution in [0.1, 0.15) is 89.5 Å². The van der Waals surface area contributed by atoms with E-state index in [0.29, 0.717) is 22.6 Å². The zero-order valence-corrected chi connectivity index (χ0v) is 24.2. The summed E-state index contributed by atoms with van der Waals surface area (Å²) in [5, 5.41) is 21.7. The molecule has 0 fully saturated rings. The second-order valence-electron chi connectivity index (χ2n) is 10.2. The second kappa shape index (κ2) is 13.5. The van der Waals surface area contributed by atoms with Crippen molar-refractivity contribution in [3.05, 3.63) is 58.7 Å². The molecule has 0 bridgehead atoms. The SMILES string of the molecule is CCCCNC1(C(N)CCC)c2cc(C#N)ccc2-c2ccc(/C(=N\OC(C)=O)C(C)/C(C)=N/OC(C)=O)cc21. The third-order valence-corrected chi connectivity index (χ3v) is 7.32. The normalized spacial score (nSPS) is 17.9. The lowest BCUT2D eigenvalue weighted by Crippen LogP contribution is -2.55. The van der Waals surface area contributed by atoms with E-state index in [2.05, 4.69) is 35.5 Å². The molecule has 0 aliphatic heterocycles. The third-order valence-electron chi connectivity index (χ3n) is 7.32. The number of nitriles is 1. The van der Waals surface area contributed by atoms with Gasteiger partial charge in [-0.2, -0.15) is 5.26 Å². The number of fused-ring (bicyclic) bond motifs is 3. The number of benzene rings is 2. The first-order valence-electron chi connectivity index (χ1n) is 13.8. The smallest absolute Gasteiger partial charge is 0.326 e. The van der Waals surface area contributed by atoms with E-state index in [9.17, 15) is 14.9 Å². The Labute approximate surface area is 236 Å². The van der Waals surface area contributed by atoms with E-state index in [-0.39, 0.29) is 6.04 Å². The third kappa shape index (κ3) is 6.30. The Morgan fingerprint density at radius 1 is 1.00 bits per heavy atom. The van der Waals surface area contributed by atoms with Gasteiger partial charge in [0.1, 0.15) is 0 Å². The summed E-state index contributed by atoms with van der Waals surface area (Å²) in [7, 11) is 0. The molecular weight excluding hydrogens is 506 g/mol. The van der Waals surface area contributed by atoms with Crippen molar-refractivity contribution in [2.24, 2.45) is 22.0 Å². The Kier molecular flexibility index (Phi) is 10.3. The van der Waals surface area contributed by atoms with E-state index in [1.54, 1.807) is 6.92 Å². The predicted octanol–water partition coefficient (Wildman–Crippen LogP) is 5.14. The minimum Gasteiger partial charge on any atom is -0.326 e. The molecule has 0 heterocycles. The van der Waals surface area contributed by atoms with Gasteiger partial charge in [-0.05, 0) is 66.8 Å². The molecule has 3 N–H and O–H groups in total. The summed E-state index contributed by atoms with van der Waals surface area (Å²) in [6.45, 7) is 11.1. The zero-order valence-electron chi connectivity index (χ0n) is 24.2. The quantitative estimate of drug-likeness (QED) is 0.163. The van der Waals surface area contributed by atoms with Crippen LogP contribution in [-0.2, 0) is 24.8 Å². The van der Waals surface area contributed by atoms with Gasteiger partial charge in [0.15, 0.2) is 0 Å². The molecule has 3 unspecified atom stereocenters. The summed E-state index contributed by atoms with van der Waals surface area (Å²) in [6, 6.07) is 13.7. The summed E-state index contributed by atoms with van der Waals surface area (Å²) >= 11 is 0. The van der Waals surface area contributed by atoms with Gasteiger partial charge in [-0.1, -0.05) is 62.1 Å². The number of nitrogens with one attached hydrogen (secondary N) is 1. The van der Waals surface area contributed by atoms with Gasteiger partial charge in [0.2, 0.25) is 0 Å². The molecule has 3 atom stereocenters. The molecule has 0 amide bonds. The van der Waals surface area contributed by atoms with E-state index < -0.39 is 23.4 Å². The molecule has 2 aromatic rings. The van der Waals surface area contributed by atoms with Crippen LogP contribution in [0.5, 0.6) is 0 Å². The number of oxime groups is 2. The molecule has 0 aromatic heterocycles. The molecule has 0 saturated heterocycles. The number of nitrogens with zero attached hydrogens (tertiary/aromatic N) is 3. The summed E-state index contributed by atoms with van der Waals surface area (Å²) in [5.41, 5.74) is 12.5. The molecule has 0 spiro atoms. The van der Waals surface area contributed by atoms with Crippen molar-refractivity contribution in [3.63, 3.8) is 0 Å². The van der Waals surface area contributed by atoms with Crippen molar-refractivity contribution in [3.8, 4) is 17.2 Å². The average Bonchev–Trinajstić information content (AvgIpc) is 3.21. The summed E-state index contributed by atoms with van der Waals surface area (Å²) in [5.74, 6) is -1.54. The lowest BCUT2D eigenvalue weighted by Gasteiger charge is -2.39. The highest BCUT2D eigenvalue weighted by molar-refractivity contribution is 6.14. The van der Waals surface area contributed by atoms with Gasteiger partial charge in [-0.25, -0.2) is 9.59 Å². The van der Waals surface area contributed by atoms with E-state index in [0.717, 1.165) is 54.5 Å². The summed E-state index contributed by atoms with van der Waals surface area (Å²) in [4.78, 5) is 33.0. The highest BCUT2D eigenvalue weighted by Crippen LogP contribution is 2.50. The number of rotatable bonds is 12. The maximum absolute atomic E-state index is 11.7. The summed E-state index contributed by atoms with van der Waals surface area (Å²) < 4.78 is 0. The first kappa shape index (κ1) is 30.7. The molecule has 1 aliphatic rings. The van der Waals surface area contributed by atoms with Crippen LogP contribution in [0.3, 0.4) is 0 Å². The molecule has 1 aliphatic carbocycles. The van der Waals surface area contributed by atoms with E-state index in [4.69, 9.17) is 15.4 Å². The molecule has 3 rings (SSSR count). The zero-order chi connectivity index (χ0) is 29.4. The fourth-order valence-electron chi connectivity index (χ4n) is 5.20. The van der Waals surface area contributed by atoms with Crippen molar-refractivity contribution in [1.82, 2.24) is 5.32 Å². The van der Waals surface area contributed by atoms with E-state index in [1.165, 1.54) is 13.8 Å². The van der Waals surface area contributed by atoms with E-state index in [1.807, 2.05) is 43.3 Å². The Morgan fingerprint density at radius 3 is 2.23 bits per heavy atom. The Balaban J connectivity index is 2.27. The maximum Gasteiger partial charge on any atom is 0.331 e. The minimum atomic E-state index is -0.741. The monoisotopic (exact) mass is 545 g/mol. The average molecular weight is 546 g/mol. The van der Waals surface area contributed by atoms with Gasteiger partial charge in [0, 0.05) is 31.4 Å². The van der Waals surface area contributed by atoms with Crippen molar-refractivity contribution in [2.75, 3.05) is 6.54 Å². The van der Waals surface area contributed by atoms with Gasteiger partial charge in [-0.3, -0.25) is 0 Å². The Hall–Kier alpha value is -3.87. The number of carbonyl (C=O) groups is 2. The van der Waals surface area contributed by atoms with Crippen LogP contribution >= 0.6 is 0 Å². The van der Waals surface area contributed by atoms with Crippen LogP contribution < -0.4 is 11.1 Å². The predicted molar refractivity (Wildman–Crippen MR) is 156 cm³/mol. The van der Waals surface area contributed by atoms with Crippen LogP contribution in [0.2, 0.25) is 0 Å². The maximum atomic E-state index is 11.7. The van der Waals surface area contributed by atoms with Gasteiger partial charge < -0.3 is 20.7 Å². The first-order chi connectivity index (χ1) is 19.1. The Bertz CT molecular complexity index is 1360.